The van der Waals surface area contributed by atoms with E-state index in [9.17, 15) is 8.42 Å². The van der Waals surface area contributed by atoms with Crippen molar-refractivity contribution in [2.24, 2.45) is 0 Å². The van der Waals surface area contributed by atoms with Crippen molar-refractivity contribution in [2.45, 2.75) is 30.7 Å². The first-order valence-corrected chi connectivity index (χ1v) is 9.45. The van der Waals surface area contributed by atoms with Gasteiger partial charge in [-0.05, 0) is 50.2 Å². The van der Waals surface area contributed by atoms with Crippen LogP contribution in [0.25, 0.3) is 11.0 Å². The van der Waals surface area contributed by atoms with Gasteiger partial charge in [0, 0.05) is 0 Å². The topological polar surface area (TPSA) is 61.2 Å². The van der Waals surface area contributed by atoms with Crippen LogP contribution >= 0.6 is 11.6 Å². The fourth-order valence-corrected chi connectivity index (χ4v) is 4.21. The highest BCUT2D eigenvalue weighted by molar-refractivity contribution is 7.90. The third-order valence-corrected chi connectivity index (χ3v) is 5.43. The zero-order valence-corrected chi connectivity index (χ0v) is 14.9. The van der Waals surface area contributed by atoms with Gasteiger partial charge in [-0.1, -0.05) is 12.1 Å². The van der Waals surface area contributed by atoms with Crippen LogP contribution in [-0.4, -0.2) is 23.5 Å². The Labute approximate surface area is 145 Å². The first kappa shape index (κ1) is 16.8. The summed E-state index contributed by atoms with van der Waals surface area (Å²) in [5, 5.41) is 0. The molecule has 1 aromatic heterocycles. The molecule has 1 heterocycles. The molecule has 0 aliphatic carbocycles. The van der Waals surface area contributed by atoms with Crippen LogP contribution in [0.15, 0.2) is 53.4 Å². The van der Waals surface area contributed by atoms with Gasteiger partial charge in [0.1, 0.15) is 11.6 Å². The van der Waals surface area contributed by atoms with Crippen LogP contribution in [0, 0.1) is 0 Å². The third-order valence-electron chi connectivity index (χ3n) is 3.44. The predicted molar refractivity (Wildman–Crippen MR) is 94.1 cm³/mol. The van der Waals surface area contributed by atoms with E-state index in [0.717, 1.165) is 0 Å². The Morgan fingerprint density at radius 1 is 1.12 bits per heavy atom. The Kier molecular flexibility index (Phi) is 4.51. The molecule has 0 unspecified atom stereocenters. The van der Waals surface area contributed by atoms with Crippen LogP contribution in [0.2, 0.25) is 0 Å². The number of hydrogen-bond acceptors (Lipinski definition) is 4. The second-order valence-corrected chi connectivity index (χ2v) is 7.61. The number of alkyl halides is 1. The fourth-order valence-electron chi connectivity index (χ4n) is 2.47. The average Bonchev–Trinajstić information content (AvgIpc) is 2.94. The van der Waals surface area contributed by atoms with Gasteiger partial charge in [-0.25, -0.2) is 17.4 Å². The van der Waals surface area contributed by atoms with Crippen molar-refractivity contribution in [1.29, 1.82) is 0 Å². The largest absolute Gasteiger partial charge is 0.491 e. The molecule has 0 aliphatic heterocycles. The first-order chi connectivity index (χ1) is 11.4. The minimum absolute atomic E-state index is 0.00243. The number of fused-ring (bicyclic) bond motifs is 1. The lowest BCUT2D eigenvalue weighted by molar-refractivity contribution is 0.242. The summed E-state index contributed by atoms with van der Waals surface area (Å²) in [6.45, 7) is 3.82. The second-order valence-electron chi connectivity index (χ2n) is 5.56. The molecule has 5 nitrogen and oxygen atoms in total. The van der Waals surface area contributed by atoms with E-state index in [2.05, 4.69) is 4.98 Å². The van der Waals surface area contributed by atoms with Crippen LogP contribution < -0.4 is 4.74 Å². The summed E-state index contributed by atoms with van der Waals surface area (Å²) in [4.78, 5) is 4.47. The SMILES string of the molecule is CC(C)Oc1ccc(S(=O)(=O)n2c(CCl)nc3ccccc32)cc1. The monoisotopic (exact) mass is 364 g/mol. The Morgan fingerprint density at radius 2 is 1.79 bits per heavy atom. The number of nitrogens with zero attached hydrogens (tertiary/aromatic N) is 2. The van der Waals surface area contributed by atoms with E-state index in [1.165, 1.54) is 16.1 Å². The minimum atomic E-state index is -3.80. The van der Waals surface area contributed by atoms with Gasteiger partial charge in [0.25, 0.3) is 10.0 Å². The molecule has 0 aliphatic rings. The lowest BCUT2D eigenvalue weighted by Crippen LogP contribution is -2.15. The summed E-state index contributed by atoms with van der Waals surface area (Å²) in [7, 11) is -3.80. The molecule has 3 aromatic rings. The smallest absolute Gasteiger partial charge is 0.269 e. The van der Waals surface area contributed by atoms with Crippen molar-refractivity contribution >= 4 is 32.7 Å². The Hall–Kier alpha value is -2.05. The molecule has 24 heavy (non-hydrogen) atoms. The van der Waals surface area contributed by atoms with Crippen LogP contribution in [0.3, 0.4) is 0 Å². The van der Waals surface area contributed by atoms with E-state index >= 15 is 0 Å². The van der Waals surface area contributed by atoms with E-state index in [1.54, 1.807) is 30.3 Å². The molecule has 0 atom stereocenters. The number of imidazole rings is 1. The molecule has 3 rings (SSSR count). The van der Waals surface area contributed by atoms with Crippen LogP contribution in [0.4, 0.5) is 0 Å². The Balaban J connectivity index is 2.11. The lowest BCUT2D eigenvalue weighted by Gasteiger charge is -2.12. The zero-order chi connectivity index (χ0) is 17.3. The molecular weight excluding hydrogens is 348 g/mol. The van der Waals surface area contributed by atoms with E-state index < -0.39 is 10.0 Å². The number of ether oxygens (including phenoxy) is 1. The summed E-state index contributed by atoms with van der Waals surface area (Å²) < 4.78 is 32.8. The van der Waals surface area contributed by atoms with Crippen molar-refractivity contribution in [3.63, 3.8) is 0 Å². The van der Waals surface area contributed by atoms with Gasteiger partial charge in [0.15, 0.2) is 0 Å². The quantitative estimate of drug-likeness (QED) is 0.646. The summed E-state index contributed by atoms with van der Waals surface area (Å²) in [5.74, 6) is 0.917. The number of para-hydroxylation sites is 2. The molecule has 0 saturated heterocycles. The molecule has 2 aromatic carbocycles. The van der Waals surface area contributed by atoms with Gasteiger partial charge in [-0.3, -0.25) is 0 Å². The van der Waals surface area contributed by atoms with Gasteiger partial charge >= 0.3 is 0 Å². The number of halogens is 1. The summed E-state index contributed by atoms with van der Waals surface area (Å²) >= 11 is 5.91. The number of benzene rings is 2. The van der Waals surface area contributed by atoms with Gasteiger partial charge < -0.3 is 4.74 Å². The first-order valence-electron chi connectivity index (χ1n) is 7.48. The zero-order valence-electron chi connectivity index (χ0n) is 13.3. The normalized spacial score (nSPS) is 12.0. The maximum absolute atomic E-state index is 13.0. The molecule has 0 bridgehead atoms. The van der Waals surface area contributed by atoms with Crippen molar-refractivity contribution in [3.8, 4) is 5.75 Å². The highest BCUT2D eigenvalue weighted by Crippen LogP contribution is 2.25. The average molecular weight is 365 g/mol. The molecule has 0 spiro atoms. The molecule has 0 fully saturated rings. The highest BCUT2D eigenvalue weighted by atomic mass is 35.5. The van der Waals surface area contributed by atoms with Crippen molar-refractivity contribution in [1.82, 2.24) is 8.96 Å². The molecule has 0 amide bonds. The second kappa shape index (κ2) is 6.45. The third kappa shape index (κ3) is 2.99. The van der Waals surface area contributed by atoms with E-state index in [-0.39, 0.29) is 16.9 Å². The lowest BCUT2D eigenvalue weighted by atomic mass is 10.3. The Morgan fingerprint density at radius 3 is 2.42 bits per heavy atom. The summed E-state index contributed by atoms with van der Waals surface area (Å²) in [5.41, 5.74) is 1.10. The molecule has 0 saturated carbocycles. The van der Waals surface area contributed by atoms with E-state index in [1.807, 2.05) is 19.9 Å². The maximum Gasteiger partial charge on any atom is 0.269 e. The van der Waals surface area contributed by atoms with Crippen LogP contribution in [0.1, 0.15) is 19.7 Å². The van der Waals surface area contributed by atoms with Crippen LogP contribution in [0.5, 0.6) is 5.75 Å². The molecule has 126 valence electrons. The molecule has 7 heteroatoms. The number of hydrogen-bond donors (Lipinski definition) is 0. The van der Waals surface area contributed by atoms with Crippen molar-refractivity contribution in [2.75, 3.05) is 0 Å². The van der Waals surface area contributed by atoms with Gasteiger partial charge in [-0.15, -0.1) is 11.6 Å². The highest BCUT2D eigenvalue weighted by Gasteiger charge is 2.23. The van der Waals surface area contributed by atoms with Gasteiger partial charge in [0.2, 0.25) is 0 Å². The number of aromatic nitrogens is 2. The van der Waals surface area contributed by atoms with Gasteiger partial charge in [0.05, 0.1) is 27.9 Å². The molecular formula is C17H17ClN2O3S. The molecule has 0 N–H and O–H groups in total. The van der Waals surface area contributed by atoms with Crippen LogP contribution in [-0.2, 0) is 15.9 Å². The Bertz CT molecular complexity index is 963. The number of rotatable bonds is 5. The van der Waals surface area contributed by atoms with E-state index in [4.69, 9.17) is 16.3 Å². The fraction of sp³-hybridized carbons (Fsp3) is 0.235. The summed E-state index contributed by atoms with van der Waals surface area (Å²) in [6.07, 6.45) is 0.0212. The van der Waals surface area contributed by atoms with Crippen molar-refractivity contribution in [3.05, 3.63) is 54.4 Å². The maximum atomic E-state index is 13.0. The standard InChI is InChI=1S/C17H17ClN2O3S/c1-12(2)23-13-7-9-14(10-8-13)24(21,22)20-16-6-4-3-5-15(16)19-17(20)11-18/h3-10,12H,11H2,1-2H3. The van der Waals surface area contributed by atoms with E-state index in [0.29, 0.717) is 22.6 Å². The predicted octanol–water partition coefficient (Wildman–Crippen LogP) is 3.80. The minimum Gasteiger partial charge on any atom is -0.491 e. The van der Waals surface area contributed by atoms with Crippen molar-refractivity contribution < 1.29 is 13.2 Å². The van der Waals surface area contributed by atoms with Gasteiger partial charge in [-0.2, -0.15) is 0 Å². The summed E-state index contributed by atoms with van der Waals surface area (Å²) in [6, 6.07) is 13.4. The molecule has 0 radical (unpaired) electrons.